The van der Waals surface area contributed by atoms with Crippen LogP contribution in [0.3, 0.4) is 0 Å². The molecule has 1 aromatic carbocycles. The standard InChI is InChI=1S/C23H36N6O3.HI/c1-4-29-17-26-28-22(29)15-25-23(24-12-6-13-30-16-21-7-5-14-31-21)27-19-8-10-20(11-9-19)32-18(2)3;/h8-11,17-18,21H,4-7,12-16H2,1-3H3,(H2,24,25,27);1H. The van der Waals surface area contributed by atoms with Gasteiger partial charge >= 0.3 is 0 Å². The molecule has 3 rings (SSSR count). The number of aliphatic imine (C=N–C) groups is 1. The quantitative estimate of drug-likeness (QED) is 0.173. The molecule has 10 heteroatoms. The number of aromatic nitrogens is 3. The van der Waals surface area contributed by atoms with Crippen molar-refractivity contribution in [1.82, 2.24) is 20.1 Å². The van der Waals surface area contributed by atoms with E-state index in [4.69, 9.17) is 19.2 Å². The average molecular weight is 572 g/mol. The first-order valence-electron chi connectivity index (χ1n) is 11.5. The highest BCUT2D eigenvalue weighted by Crippen LogP contribution is 2.17. The number of ether oxygens (including phenoxy) is 3. The van der Waals surface area contributed by atoms with Gasteiger partial charge in [0.25, 0.3) is 0 Å². The molecule has 0 amide bonds. The Hall–Kier alpha value is -1.92. The average Bonchev–Trinajstić information content (AvgIpc) is 3.46. The summed E-state index contributed by atoms with van der Waals surface area (Å²) >= 11 is 0. The van der Waals surface area contributed by atoms with E-state index in [0.717, 1.165) is 56.2 Å². The van der Waals surface area contributed by atoms with Crippen LogP contribution < -0.4 is 15.4 Å². The van der Waals surface area contributed by atoms with E-state index in [0.29, 0.717) is 25.7 Å². The fourth-order valence-corrected chi connectivity index (χ4v) is 3.35. The van der Waals surface area contributed by atoms with Crippen LogP contribution in [0.25, 0.3) is 0 Å². The second kappa shape index (κ2) is 15.1. The predicted octanol–water partition coefficient (Wildman–Crippen LogP) is 3.85. The van der Waals surface area contributed by atoms with Crippen molar-refractivity contribution in [2.45, 2.75) is 65.3 Å². The summed E-state index contributed by atoms with van der Waals surface area (Å²) in [6.07, 6.45) is 5.25. The molecule has 0 aliphatic carbocycles. The third-order valence-corrected chi connectivity index (χ3v) is 4.99. The Balaban J connectivity index is 0.00000385. The minimum atomic E-state index is 0. The van der Waals surface area contributed by atoms with Gasteiger partial charge in [0.1, 0.15) is 18.6 Å². The van der Waals surface area contributed by atoms with E-state index in [9.17, 15) is 0 Å². The Morgan fingerprint density at radius 1 is 1.30 bits per heavy atom. The molecule has 1 aromatic heterocycles. The van der Waals surface area contributed by atoms with E-state index >= 15 is 0 Å². The van der Waals surface area contributed by atoms with Crippen molar-refractivity contribution in [3.05, 3.63) is 36.4 Å². The highest BCUT2D eigenvalue weighted by atomic mass is 127. The Morgan fingerprint density at radius 3 is 2.82 bits per heavy atom. The van der Waals surface area contributed by atoms with Crippen molar-refractivity contribution < 1.29 is 14.2 Å². The van der Waals surface area contributed by atoms with Gasteiger partial charge in [0.15, 0.2) is 11.8 Å². The maximum Gasteiger partial charge on any atom is 0.196 e. The SMILES string of the molecule is CCn1cnnc1CN=C(NCCCOCC1CCCO1)Nc1ccc(OC(C)C)cc1.I. The third kappa shape index (κ3) is 9.85. The van der Waals surface area contributed by atoms with Gasteiger partial charge in [0.2, 0.25) is 0 Å². The van der Waals surface area contributed by atoms with Crippen LogP contribution in [0.15, 0.2) is 35.6 Å². The van der Waals surface area contributed by atoms with Crippen molar-refractivity contribution >= 4 is 35.6 Å². The first-order valence-corrected chi connectivity index (χ1v) is 11.5. The van der Waals surface area contributed by atoms with E-state index in [1.807, 2.05) is 42.7 Å². The summed E-state index contributed by atoms with van der Waals surface area (Å²) in [5.74, 6) is 2.36. The predicted molar refractivity (Wildman–Crippen MR) is 140 cm³/mol. The highest BCUT2D eigenvalue weighted by Gasteiger charge is 2.15. The second-order valence-corrected chi connectivity index (χ2v) is 8.00. The fraction of sp³-hybridized carbons (Fsp3) is 0.609. The van der Waals surface area contributed by atoms with Gasteiger partial charge in [-0.15, -0.1) is 34.2 Å². The van der Waals surface area contributed by atoms with Gasteiger partial charge in [-0.05, 0) is 64.3 Å². The van der Waals surface area contributed by atoms with Crippen LogP contribution in [0, 0.1) is 0 Å². The number of guanidine groups is 1. The molecule has 1 atom stereocenters. The molecule has 0 radical (unpaired) electrons. The van der Waals surface area contributed by atoms with Crippen molar-refractivity contribution in [2.24, 2.45) is 4.99 Å². The summed E-state index contributed by atoms with van der Waals surface area (Å²) < 4.78 is 19.0. The lowest BCUT2D eigenvalue weighted by Crippen LogP contribution is -2.32. The lowest BCUT2D eigenvalue weighted by Gasteiger charge is -2.15. The van der Waals surface area contributed by atoms with Crippen molar-refractivity contribution in [3.63, 3.8) is 0 Å². The molecule has 1 aliphatic rings. The summed E-state index contributed by atoms with van der Waals surface area (Å²) in [4.78, 5) is 4.70. The van der Waals surface area contributed by atoms with Crippen LogP contribution in [0.1, 0.15) is 45.9 Å². The van der Waals surface area contributed by atoms with Gasteiger partial charge < -0.3 is 29.4 Å². The summed E-state index contributed by atoms with van der Waals surface area (Å²) in [7, 11) is 0. The molecule has 0 spiro atoms. The number of halogens is 1. The monoisotopic (exact) mass is 572 g/mol. The number of benzene rings is 1. The molecule has 1 unspecified atom stereocenters. The number of aryl methyl sites for hydroxylation is 1. The van der Waals surface area contributed by atoms with Crippen molar-refractivity contribution in [2.75, 3.05) is 31.7 Å². The zero-order valence-electron chi connectivity index (χ0n) is 19.8. The Morgan fingerprint density at radius 2 is 2.12 bits per heavy atom. The Labute approximate surface area is 213 Å². The van der Waals surface area contributed by atoms with E-state index in [1.165, 1.54) is 0 Å². The van der Waals surface area contributed by atoms with Gasteiger partial charge in [0.05, 0.1) is 18.8 Å². The summed E-state index contributed by atoms with van der Waals surface area (Å²) in [6.45, 7) is 10.3. The number of hydrogen-bond acceptors (Lipinski definition) is 6. The molecule has 2 heterocycles. The molecule has 184 valence electrons. The van der Waals surface area contributed by atoms with E-state index in [2.05, 4.69) is 27.8 Å². The van der Waals surface area contributed by atoms with Crippen LogP contribution in [0.4, 0.5) is 5.69 Å². The van der Waals surface area contributed by atoms with Crippen LogP contribution in [-0.4, -0.2) is 59.3 Å². The molecule has 1 fully saturated rings. The smallest absolute Gasteiger partial charge is 0.196 e. The number of nitrogens with zero attached hydrogens (tertiary/aromatic N) is 4. The molecule has 1 saturated heterocycles. The number of anilines is 1. The van der Waals surface area contributed by atoms with Crippen molar-refractivity contribution in [1.29, 1.82) is 0 Å². The minimum Gasteiger partial charge on any atom is -0.491 e. The van der Waals surface area contributed by atoms with Gasteiger partial charge in [-0.2, -0.15) is 0 Å². The first-order chi connectivity index (χ1) is 15.6. The number of hydrogen-bond donors (Lipinski definition) is 2. The molecule has 2 N–H and O–H groups in total. The maximum atomic E-state index is 5.75. The maximum absolute atomic E-state index is 5.75. The minimum absolute atomic E-state index is 0. The summed E-state index contributed by atoms with van der Waals surface area (Å²) in [6, 6.07) is 7.86. The largest absolute Gasteiger partial charge is 0.491 e. The normalized spacial score (nSPS) is 16.0. The van der Waals surface area contributed by atoms with E-state index in [-0.39, 0.29) is 36.2 Å². The molecule has 33 heavy (non-hydrogen) atoms. The molecule has 0 bridgehead atoms. The van der Waals surface area contributed by atoms with Crippen LogP contribution in [0.2, 0.25) is 0 Å². The number of nitrogens with one attached hydrogen (secondary N) is 2. The van der Waals surface area contributed by atoms with E-state index in [1.54, 1.807) is 6.33 Å². The van der Waals surface area contributed by atoms with Gasteiger partial charge in [-0.3, -0.25) is 0 Å². The van der Waals surface area contributed by atoms with Crippen LogP contribution >= 0.6 is 24.0 Å². The van der Waals surface area contributed by atoms with Gasteiger partial charge in [0, 0.05) is 32.0 Å². The van der Waals surface area contributed by atoms with Gasteiger partial charge in [-0.1, -0.05) is 0 Å². The first kappa shape index (κ1) is 27.3. The molecular weight excluding hydrogens is 535 g/mol. The van der Waals surface area contributed by atoms with E-state index < -0.39 is 0 Å². The third-order valence-electron chi connectivity index (χ3n) is 4.99. The summed E-state index contributed by atoms with van der Waals surface area (Å²) in [5, 5.41) is 14.9. The number of rotatable bonds is 12. The Kier molecular flexibility index (Phi) is 12.5. The second-order valence-electron chi connectivity index (χ2n) is 8.00. The zero-order valence-corrected chi connectivity index (χ0v) is 22.2. The molecule has 0 saturated carbocycles. The highest BCUT2D eigenvalue weighted by molar-refractivity contribution is 14.0. The molecule has 9 nitrogen and oxygen atoms in total. The fourth-order valence-electron chi connectivity index (χ4n) is 3.35. The van der Waals surface area contributed by atoms with Gasteiger partial charge in [-0.25, -0.2) is 4.99 Å². The molecule has 2 aromatic rings. The topological polar surface area (TPSA) is 94.8 Å². The lowest BCUT2D eigenvalue weighted by molar-refractivity contribution is 0.0168. The summed E-state index contributed by atoms with van der Waals surface area (Å²) in [5.41, 5.74) is 0.930. The lowest BCUT2D eigenvalue weighted by atomic mass is 10.2. The molecule has 1 aliphatic heterocycles. The van der Waals surface area contributed by atoms with Crippen LogP contribution in [0.5, 0.6) is 5.75 Å². The van der Waals surface area contributed by atoms with Crippen LogP contribution in [-0.2, 0) is 22.6 Å². The molecular formula is C23H37IN6O3. The zero-order chi connectivity index (χ0) is 22.6. The van der Waals surface area contributed by atoms with Crippen molar-refractivity contribution in [3.8, 4) is 5.75 Å². The Bertz CT molecular complexity index is 822.